The van der Waals surface area contributed by atoms with Crippen molar-refractivity contribution in [2.24, 2.45) is 5.92 Å². The third kappa shape index (κ3) is 4.87. The number of benzene rings is 3. The number of nitrogens with one attached hydrogen (secondary N) is 1. The van der Waals surface area contributed by atoms with Crippen molar-refractivity contribution in [1.29, 1.82) is 0 Å². The molecular weight excluding hydrogens is 412 g/mol. The first-order valence-corrected chi connectivity index (χ1v) is 12.7. The molecule has 3 aromatic carbocycles. The van der Waals surface area contributed by atoms with E-state index in [0.717, 1.165) is 17.8 Å². The van der Waals surface area contributed by atoms with Crippen LogP contribution < -0.4 is 5.32 Å². The first kappa shape index (κ1) is 24.0. The molecule has 2 heteroatoms. The van der Waals surface area contributed by atoms with Crippen molar-refractivity contribution in [3.05, 3.63) is 95.7 Å². The van der Waals surface area contributed by atoms with Crippen LogP contribution in [0.15, 0.2) is 78.9 Å². The topological polar surface area (TPSA) is 24.9 Å². The van der Waals surface area contributed by atoms with Crippen LogP contribution in [0.5, 0.6) is 0 Å². The van der Waals surface area contributed by atoms with E-state index in [9.17, 15) is 0 Å². The number of rotatable bonds is 8. The van der Waals surface area contributed by atoms with Gasteiger partial charge in [-0.15, -0.1) is 0 Å². The van der Waals surface area contributed by atoms with Crippen LogP contribution >= 0.6 is 0 Å². The van der Waals surface area contributed by atoms with Crippen LogP contribution in [-0.2, 0) is 0 Å². The zero-order valence-electron chi connectivity index (χ0n) is 21.5. The number of anilines is 1. The minimum absolute atomic E-state index is 0.136. The van der Waals surface area contributed by atoms with Gasteiger partial charge in [0.15, 0.2) is 0 Å². The van der Waals surface area contributed by atoms with E-state index >= 15 is 0 Å². The minimum atomic E-state index is 0.136. The summed E-state index contributed by atoms with van der Waals surface area (Å²) in [5.41, 5.74) is 7.37. The Labute approximate surface area is 205 Å². The van der Waals surface area contributed by atoms with Crippen LogP contribution in [0.1, 0.15) is 82.7 Å². The average Bonchev–Trinajstić information content (AvgIpc) is 2.86. The lowest BCUT2D eigenvalue weighted by atomic mass is 9.89. The van der Waals surface area contributed by atoms with Gasteiger partial charge in [-0.3, -0.25) is 4.98 Å². The van der Waals surface area contributed by atoms with Gasteiger partial charge in [0.25, 0.3) is 0 Å². The van der Waals surface area contributed by atoms with Crippen molar-refractivity contribution in [1.82, 2.24) is 4.98 Å². The van der Waals surface area contributed by atoms with Gasteiger partial charge in [-0.05, 0) is 51.8 Å². The third-order valence-corrected chi connectivity index (χ3v) is 7.04. The Morgan fingerprint density at radius 2 is 1.32 bits per heavy atom. The second-order valence-corrected chi connectivity index (χ2v) is 10.1. The standard InChI is InChI=1S/C32H38N2/c1-7-23(6)31(34-32-25(21(2)3)16-11-17-26(32)22(4)5)30-20-12-19-29(33-30)28-18-10-14-24-13-8-9-15-27(24)28/h8-23,31,34H,7H2,1-6H3. The van der Waals surface area contributed by atoms with Crippen molar-refractivity contribution >= 4 is 16.5 Å². The van der Waals surface area contributed by atoms with Gasteiger partial charge in [-0.2, -0.15) is 0 Å². The summed E-state index contributed by atoms with van der Waals surface area (Å²) in [7, 11) is 0. The molecule has 1 aromatic heterocycles. The molecule has 0 fully saturated rings. The predicted octanol–water partition coefficient (Wildman–Crippen LogP) is 9.35. The molecule has 0 saturated carbocycles. The predicted molar refractivity (Wildman–Crippen MR) is 148 cm³/mol. The van der Waals surface area contributed by atoms with Crippen molar-refractivity contribution < 1.29 is 0 Å². The maximum atomic E-state index is 5.25. The van der Waals surface area contributed by atoms with Gasteiger partial charge in [-0.25, -0.2) is 0 Å². The molecule has 2 unspecified atom stereocenters. The lowest BCUT2D eigenvalue weighted by Gasteiger charge is -2.30. The Balaban J connectivity index is 1.81. The molecule has 0 aliphatic heterocycles. The summed E-state index contributed by atoms with van der Waals surface area (Å²) in [6.45, 7) is 13.7. The molecule has 0 spiro atoms. The fraction of sp³-hybridized carbons (Fsp3) is 0.344. The van der Waals surface area contributed by atoms with Gasteiger partial charge >= 0.3 is 0 Å². The Kier molecular flexibility index (Phi) is 7.36. The van der Waals surface area contributed by atoms with E-state index in [1.54, 1.807) is 0 Å². The van der Waals surface area contributed by atoms with Crippen molar-refractivity contribution in [2.75, 3.05) is 5.32 Å². The van der Waals surface area contributed by atoms with Crippen molar-refractivity contribution in [3.63, 3.8) is 0 Å². The molecule has 176 valence electrons. The highest BCUT2D eigenvalue weighted by molar-refractivity contribution is 5.95. The van der Waals surface area contributed by atoms with E-state index in [-0.39, 0.29) is 6.04 Å². The summed E-state index contributed by atoms with van der Waals surface area (Å²) in [5, 5.41) is 6.49. The van der Waals surface area contributed by atoms with Crippen LogP contribution in [0, 0.1) is 5.92 Å². The average molecular weight is 451 g/mol. The minimum Gasteiger partial charge on any atom is -0.376 e. The molecule has 1 N–H and O–H groups in total. The molecule has 0 aliphatic carbocycles. The lowest BCUT2D eigenvalue weighted by molar-refractivity contribution is 0.473. The monoisotopic (exact) mass is 450 g/mol. The quantitative estimate of drug-likeness (QED) is 0.289. The second-order valence-electron chi connectivity index (χ2n) is 10.1. The Morgan fingerprint density at radius 1 is 0.706 bits per heavy atom. The number of aromatic nitrogens is 1. The van der Waals surface area contributed by atoms with Gasteiger partial charge in [0, 0.05) is 11.3 Å². The van der Waals surface area contributed by atoms with Crippen LogP contribution in [0.3, 0.4) is 0 Å². The maximum Gasteiger partial charge on any atom is 0.0712 e. The van der Waals surface area contributed by atoms with E-state index in [0.29, 0.717) is 17.8 Å². The lowest BCUT2D eigenvalue weighted by Crippen LogP contribution is -2.22. The number of para-hydroxylation sites is 1. The Morgan fingerprint density at radius 3 is 2.00 bits per heavy atom. The molecule has 34 heavy (non-hydrogen) atoms. The van der Waals surface area contributed by atoms with Crippen LogP contribution in [0.2, 0.25) is 0 Å². The zero-order chi connectivity index (χ0) is 24.2. The Bertz CT molecular complexity index is 1220. The van der Waals surface area contributed by atoms with Crippen LogP contribution in [-0.4, -0.2) is 4.98 Å². The van der Waals surface area contributed by atoms with Crippen molar-refractivity contribution in [2.45, 2.75) is 65.8 Å². The van der Waals surface area contributed by atoms with E-state index < -0.39 is 0 Å². The van der Waals surface area contributed by atoms with E-state index in [2.05, 4.69) is 126 Å². The number of pyridine rings is 1. The first-order chi connectivity index (χ1) is 16.4. The summed E-state index contributed by atoms with van der Waals surface area (Å²) in [5.74, 6) is 1.35. The highest BCUT2D eigenvalue weighted by atomic mass is 15.0. The van der Waals surface area contributed by atoms with Gasteiger partial charge in [-0.1, -0.05) is 115 Å². The van der Waals surface area contributed by atoms with Crippen molar-refractivity contribution in [3.8, 4) is 11.3 Å². The summed E-state index contributed by atoms with van der Waals surface area (Å²) in [6, 6.07) is 28.4. The molecule has 0 aliphatic rings. The summed E-state index contributed by atoms with van der Waals surface area (Å²) in [4.78, 5) is 5.25. The highest BCUT2D eigenvalue weighted by Gasteiger charge is 2.24. The van der Waals surface area contributed by atoms with E-state index in [4.69, 9.17) is 4.98 Å². The maximum absolute atomic E-state index is 5.25. The molecule has 0 amide bonds. The smallest absolute Gasteiger partial charge is 0.0712 e. The van der Waals surface area contributed by atoms with E-state index in [1.165, 1.54) is 33.2 Å². The van der Waals surface area contributed by atoms with Gasteiger partial charge < -0.3 is 5.32 Å². The SMILES string of the molecule is CCC(C)C(Nc1c(C(C)C)cccc1C(C)C)c1cccc(-c2cccc3ccccc23)n1. The zero-order valence-corrected chi connectivity index (χ0v) is 21.5. The fourth-order valence-electron chi connectivity index (χ4n) is 4.84. The molecule has 4 aromatic rings. The summed E-state index contributed by atoms with van der Waals surface area (Å²) >= 11 is 0. The van der Waals surface area contributed by atoms with Gasteiger partial charge in [0.1, 0.15) is 0 Å². The third-order valence-electron chi connectivity index (χ3n) is 7.04. The largest absolute Gasteiger partial charge is 0.376 e. The molecule has 4 rings (SSSR count). The molecule has 0 bridgehead atoms. The number of fused-ring (bicyclic) bond motifs is 1. The van der Waals surface area contributed by atoms with Gasteiger partial charge in [0.05, 0.1) is 17.4 Å². The summed E-state index contributed by atoms with van der Waals surface area (Å²) < 4.78 is 0. The fourth-order valence-corrected chi connectivity index (χ4v) is 4.84. The van der Waals surface area contributed by atoms with Crippen LogP contribution in [0.4, 0.5) is 5.69 Å². The first-order valence-electron chi connectivity index (χ1n) is 12.7. The molecular formula is C32H38N2. The van der Waals surface area contributed by atoms with Gasteiger partial charge in [0.2, 0.25) is 0 Å². The molecule has 2 atom stereocenters. The number of hydrogen-bond donors (Lipinski definition) is 1. The summed E-state index contributed by atoms with van der Waals surface area (Å²) in [6.07, 6.45) is 1.08. The molecule has 0 saturated heterocycles. The normalized spacial score (nSPS) is 13.4. The Hall–Kier alpha value is -3.13. The second kappa shape index (κ2) is 10.4. The van der Waals surface area contributed by atoms with Crippen LogP contribution in [0.25, 0.3) is 22.0 Å². The number of hydrogen-bond acceptors (Lipinski definition) is 2. The highest BCUT2D eigenvalue weighted by Crippen LogP contribution is 2.37. The molecule has 0 radical (unpaired) electrons. The molecule has 1 heterocycles. The number of nitrogens with zero attached hydrogens (tertiary/aromatic N) is 1. The molecule has 2 nitrogen and oxygen atoms in total. The van der Waals surface area contributed by atoms with E-state index in [1.807, 2.05) is 0 Å².